The van der Waals surface area contributed by atoms with Crippen LogP contribution in [0.4, 0.5) is 0 Å². The molecule has 0 bridgehead atoms. The second kappa shape index (κ2) is 6.98. The van der Waals surface area contributed by atoms with Gasteiger partial charge in [-0.25, -0.2) is 0 Å². The zero-order valence-corrected chi connectivity index (χ0v) is 13.7. The van der Waals surface area contributed by atoms with E-state index in [0.717, 1.165) is 19.3 Å². The topological polar surface area (TPSA) is 77.5 Å². The fraction of sp³-hybridized carbons (Fsp3) is 0.812. The molecule has 0 aromatic rings. The Morgan fingerprint density at radius 2 is 2.09 bits per heavy atom. The fourth-order valence-electron chi connectivity index (χ4n) is 2.25. The number of epoxide rings is 1. The highest BCUT2D eigenvalue weighted by Gasteiger charge is 2.46. The van der Waals surface area contributed by atoms with E-state index in [4.69, 9.17) is 18.9 Å². The highest BCUT2D eigenvalue weighted by Crippen LogP contribution is 2.33. The van der Waals surface area contributed by atoms with Gasteiger partial charge in [0.1, 0.15) is 17.5 Å². The van der Waals surface area contributed by atoms with Gasteiger partial charge in [-0.05, 0) is 46.6 Å². The summed E-state index contributed by atoms with van der Waals surface area (Å²) in [6.07, 6.45) is 3.19. The number of aliphatic hydroxyl groups is 1. The second-order valence-electron chi connectivity index (χ2n) is 6.81. The second-order valence-corrected chi connectivity index (χ2v) is 6.81. The number of carbonyl (C=O) groups is 1. The molecular formula is C16H26O6. The molecule has 2 aliphatic heterocycles. The average Bonchev–Trinajstić information content (AvgIpc) is 3.10. The predicted octanol–water partition coefficient (Wildman–Crippen LogP) is 2.82. The Morgan fingerprint density at radius 3 is 2.77 bits per heavy atom. The molecule has 0 spiro atoms. The van der Waals surface area contributed by atoms with Gasteiger partial charge in [0.05, 0.1) is 6.10 Å². The van der Waals surface area contributed by atoms with Crippen LogP contribution in [0.1, 0.15) is 53.4 Å². The molecule has 2 aliphatic rings. The molecule has 1 saturated heterocycles. The lowest BCUT2D eigenvalue weighted by molar-refractivity contribution is -0.185. The van der Waals surface area contributed by atoms with Crippen LogP contribution in [-0.2, 0) is 23.7 Å². The van der Waals surface area contributed by atoms with E-state index in [2.05, 4.69) is 0 Å². The first-order chi connectivity index (χ1) is 10.2. The molecule has 1 N–H and O–H groups in total. The van der Waals surface area contributed by atoms with Crippen LogP contribution in [0, 0.1) is 0 Å². The first-order valence-corrected chi connectivity index (χ1v) is 7.83. The van der Waals surface area contributed by atoms with E-state index < -0.39 is 11.9 Å². The normalized spacial score (nSPS) is 28.5. The van der Waals surface area contributed by atoms with Gasteiger partial charge in [0, 0.05) is 6.42 Å². The summed E-state index contributed by atoms with van der Waals surface area (Å²) >= 11 is 0. The van der Waals surface area contributed by atoms with Crippen LogP contribution < -0.4 is 0 Å². The zero-order chi connectivity index (χ0) is 16.3. The number of hydrogen-bond acceptors (Lipinski definition) is 6. The SMILES string of the molecule is C[C@H](CCCCC(=O)OC(C)(C)C)O[C@@H]1OC2O[C@@H]2C=C1O. The molecule has 1 fully saturated rings. The van der Waals surface area contributed by atoms with Gasteiger partial charge in [-0.2, -0.15) is 0 Å². The largest absolute Gasteiger partial charge is 0.507 e. The number of ether oxygens (including phenoxy) is 4. The molecule has 2 rings (SSSR count). The molecule has 1 unspecified atom stereocenters. The quantitative estimate of drug-likeness (QED) is 0.442. The number of hydrogen-bond donors (Lipinski definition) is 1. The van der Waals surface area contributed by atoms with Gasteiger partial charge in [-0.1, -0.05) is 6.42 Å². The number of esters is 1. The molecule has 0 aromatic carbocycles. The standard InChI is InChI=1S/C16H26O6/c1-10(7-5-6-8-13(18)22-16(2,3)4)19-14-11(17)9-12-15(20-12)21-14/h9-10,12,14-15,17H,5-8H2,1-4H3/t10-,12-,14-,15?/m1/s1. The van der Waals surface area contributed by atoms with Crippen molar-refractivity contribution in [3.8, 4) is 0 Å². The first kappa shape index (κ1) is 17.2. The van der Waals surface area contributed by atoms with E-state index in [1.54, 1.807) is 6.08 Å². The van der Waals surface area contributed by atoms with Crippen LogP contribution in [0.2, 0.25) is 0 Å². The third-order valence-electron chi connectivity index (χ3n) is 3.33. The van der Waals surface area contributed by atoms with Crippen molar-refractivity contribution in [3.05, 3.63) is 11.8 Å². The fourth-order valence-corrected chi connectivity index (χ4v) is 2.25. The highest BCUT2D eigenvalue weighted by molar-refractivity contribution is 5.69. The van der Waals surface area contributed by atoms with E-state index >= 15 is 0 Å². The Kier molecular flexibility index (Phi) is 5.47. The van der Waals surface area contributed by atoms with Gasteiger partial charge in [0.15, 0.2) is 6.29 Å². The lowest BCUT2D eigenvalue weighted by atomic mass is 10.1. The third kappa shape index (κ3) is 5.59. The molecule has 6 nitrogen and oxygen atoms in total. The summed E-state index contributed by atoms with van der Waals surface area (Å²) in [4.78, 5) is 11.6. The van der Waals surface area contributed by atoms with Crippen molar-refractivity contribution in [2.24, 2.45) is 0 Å². The lowest BCUT2D eigenvalue weighted by Gasteiger charge is -2.23. The van der Waals surface area contributed by atoms with Gasteiger partial charge >= 0.3 is 5.97 Å². The Balaban J connectivity index is 1.58. The Hall–Kier alpha value is -1.11. The summed E-state index contributed by atoms with van der Waals surface area (Å²) in [5, 5.41) is 9.74. The number of rotatable bonds is 7. The maximum absolute atomic E-state index is 11.6. The van der Waals surface area contributed by atoms with Crippen LogP contribution >= 0.6 is 0 Å². The number of carbonyl (C=O) groups excluding carboxylic acids is 1. The molecule has 6 heteroatoms. The molecule has 0 amide bonds. The van der Waals surface area contributed by atoms with Crippen LogP contribution in [0.25, 0.3) is 0 Å². The molecule has 0 aromatic heterocycles. The number of fused-ring (bicyclic) bond motifs is 1. The number of aliphatic hydroxyl groups excluding tert-OH is 1. The maximum Gasteiger partial charge on any atom is 0.306 e. The van der Waals surface area contributed by atoms with Crippen LogP contribution in [0.15, 0.2) is 11.8 Å². The summed E-state index contributed by atoms with van der Waals surface area (Å²) in [7, 11) is 0. The Morgan fingerprint density at radius 1 is 1.36 bits per heavy atom. The van der Waals surface area contributed by atoms with E-state index in [1.807, 2.05) is 27.7 Å². The first-order valence-electron chi connectivity index (χ1n) is 7.83. The Labute approximate surface area is 131 Å². The summed E-state index contributed by atoms with van der Waals surface area (Å²) in [5.41, 5.74) is -0.432. The van der Waals surface area contributed by atoms with Gasteiger partial charge in [0.25, 0.3) is 0 Å². The molecule has 2 heterocycles. The smallest absolute Gasteiger partial charge is 0.306 e. The summed E-state index contributed by atoms with van der Waals surface area (Å²) in [6, 6.07) is 0. The third-order valence-corrected chi connectivity index (χ3v) is 3.33. The van der Waals surface area contributed by atoms with Crippen molar-refractivity contribution in [3.63, 3.8) is 0 Å². The van der Waals surface area contributed by atoms with Gasteiger partial charge in [-0.3, -0.25) is 4.79 Å². The summed E-state index contributed by atoms with van der Waals surface area (Å²) < 4.78 is 21.4. The van der Waals surface area contributed by atoms with Crippen molar-refractivity contribution in [1.82, 2.24) is 0 Å². The van der Waals surface area contributed by atoms with Crippen LogP contribution in [-0.4, -0.2) is 41.5 Å². The molecule has 0 aliphatic carbocycles. The van der Waals surface area contributed by atoms with Crippen LogP contribution in [0.5, 0.6) is 0 Å². The Bertz CT molecular complexity index is 425. The van der Waals surface area contributed by atoms with E-state index in [9.17, 15) is 9.90 Å². The van der Waals surface area contributed by atoms with Crippen molar-refractivity contribution in [2.45, 2.75) is 83.8 Å². The zero-order valence-electron chi connectivity index (χ0n) is 13.7. The van der Waals surface area contributed by atoms with Gasteiger partial charge in [-0.15, -0.1) is 0 Å². The molecular weight excluding hydrogens is 288 g/mol. The highest BCUT2D eigenvalue weighted by atomic mass is 16.8. The minimum absolute atomic E-state index is 0.0688. The lowest BCUT2D eigenvalue weighted by Crippen LogP contribution is -2.29. The van der Waals surface area contributed by atoms with E-state index in [0.29, 0.717) is 6.42 Å². The van der Waals surface area contributed by atoms with E-state index in [1.165, 1.54) is 0 Å². The molecule has 0 radical (unpaired) electrons. The van der Waals surface area contributed by atoms with Crippen LogP contribution in [0.3, 0.4) is 0 Å². The monoisotopic (exact) mass is 314 g/mol. The van der Waals surface area contributed by atoms with Gasteiger partial charge in [0.2, 0.25) is 6.29 Å². The minimum Gasteiger partial charge on any atom is -0.507 e. The summed E-state index contributed by atoms with van der Waals surface area (Å²) in [5.74, 6) is -0.103. The number of unbranched alkanes of at least 4 members (excludes halogenated alkanes) is 1. The summed E-state index contributed by atoms with van der Waals surface area (Å²) in [6.45, 7) is 7.50. The van der Waals surface area contributed by atoms with Crippen molar-refractivity contribution >= 4 is 5.97 Å². The van der Waals surface area contributed by atoms with E-state index in [-0.39, 0.29) is 30.2 Å². The van der Waals surface area contributed by atoms with Crippen molar-refractivity contribution in [1.29, 1.82) is 0 Å². The molecule has 0 saturated carbocycles. The molecule has 126 valence electrons. The minimum atomic E-state index is -0.746. The predicted molar refractivity (Wildman–Crippen MR) is 79.1 cm³/mol. The maximum atomic E-state index is 11.6. The van der Waals surface area contributed by atoms with Crippen molar-refractivity contribution < 1.29 is 28.8 Å². The molecule has 4 atom stereocenters. The van der Waals surface area contributed by atoms with Crippen molar-refractivity contribution in [2.75, 3.05) is 0 Å². The molecule has 22 heavy (non-hydrogen) atoms. The van der Waals surface area contributed by atoms with Gasteiger partial charge < -0.3 is 24.1 Å². The average molecular weight is 314 g/mol.